The maximum Gasteiger partial charge on any atom is 0.233 e. The molecule has 4 aliphatic heterocycles. The van der Waals surface area contributed by atoms with E-state index in [9.17, 15) is 19.2 Å². The van der Waals surface area contributed by atoms with Gasteiger partial charge < -0.3 is 9.80 Å². The average molecular weight is 853 g/mol. The van der Waals surface area contributed by atoms with Crippen molar-refractivity contribution in [2.45, 2.75) is 77.0 Å². The van der Waals surface area contributed by atoms with Crippen LogP contribution in [0.5, 0.6) is 0 Å². The van der Waals surface area contributed by atoms with Crippen LogP contribution < -0.4 is 9.80 Å². The van der Waals surface area contributed by atoms with Gasteiger partial charge in [0.2, 0.25) is 23.6 Å². The van der Waals surface area contributed by atoms with E-state index >= 15 is 0 Å². The highest BCUT2D eigenvalue weighted by Crippen LogP contribution is 2.39. The van der Waals surface area contributed by atoms with Crippen molar-refractivity contribution >= 4 is 78.5 Å². The van der Waals surface area contributed by atoms with Crippen molar-refractivity contribution in [3.63, 3.8) is 0 Å². The largest absolute Gasteiger partial charge is 0.353 e. The number of aromatic nitrogens is 2. The molecule has 2 saturated carbocycles. The minimum absolute atomic E-state index is 0.0128. The Hall–Kier alpha value is -3.98. The van der Waals surface area contributed by atoms with Crippen molar-refractivity contribution < 1.29 is 19.2 Å². The molecule has 0 unspecified atom stereocenters. The van der Waals surface area contributed by atoms with Crippen molar-refractivity contribution in [3.05, 3.63) is 48.5 Å². The highest BCUT2D eigenvalue weighted by Gasteiger charge is 2.48. The molecule has 4 saturated heterocycles. The van der Waals surface area contributed by atoms with Gasteiger partial charge >= 0.3 is 0 Å². The minimum atomic E-state index is -0.0128. The maximum absolute atomic E-state index is 12.6. The zero-order valence-electron chi connectivity index (χ0n) is 34.9. The van der Waals surface area contributed by atoms with Crippen LogP contribution in [0, 0.1) is 23.7 Å². The van der Waals surface area contributed by atoms with Crippen LogP contribution in [-0.4, -0.2) is 131 Å². The van der Waals surface area contributed by atoms with Gasteiger partial charge in [-0.05, 0) is 112 Å². The van der Waals surface area contributed by atoms with E-state index in [0.717, 1.165) is 154 Å². The maximum atomic E-state index is 12.6. The topological polar surface area (TPSA) is 114 Å². The van der Waals surface area contributed by atoms with Crippen molar-refractivity contribution in [1.82, 2.24) is 28.3 Å². The Kier molecular flexibility index (Phi) is 13.1. The second-order valence-electron chi connectivity index (χ2n) is 17.7. The number of rotatable bonds is 12. The lowest BCUT2D eigenvalue weighted by atomic mass is 9.81. The predicted molar refractivity (Wildman–Crippen MR) is 239 cm³/mol. The second-order valence-corrected chi connectivity index (χ2v) is 19.3. The SMILES string of the molecule is O=C1[C@H]2CCCC[C@H]2C(=O)N1CCCCN1CCN(c2nsc3ccccc23)CC1.O=C1[C@H]2CCCC[C@H]2C(=O)N1CCCCN1CCN(c2nsc3ccccc23)CC1. The fourth-order valence-corrected chi connectivity index (χ4v) is 12.3. The summed E-state index contributed by atoms with van der Waals surface area (Å²) in [5.41, 5.74) is 0. The van der Waals surface area contributed by atoms with Crippen LogP contribution in [0.1, 0.15) is 77.0 Å². The summed E-state index contributed by atoms with van der Waals surface area (Å²) in [5, 5.41) is 2.52. The fraction of sp³-hybridized carbons (Fsp3) is 0.609. The van der Waals surface area contributed by atoms with Gasteiger partial charge in [-0.3, -0.25) is 38.8 Å². The molecule has 6 heterocycles. The molecule has 4 amide bonds. The van der Waals surface area contributed by atoms with Gasteiger partial charge in [0.25, 0.3) is 0 Å². The smallest absolute Gasteiger partial charge is 0.233 e. The third-order valence-corrected chi connectivity index (χ3v) is 15.8. The third-order valence-electron chi connectivity index (χ3n) is 14.1. The molecule has 2 aromatic carbocycles. The van der Waals surface area contributed by atoms with Gasteiger partial charge in [-0.25, -0.2) is 0 Å². The highest BCUT2D eigenvalue weighted by molar-refractivity contribution is 7.14. The summed E-state index contributed by atoms with van der Waals surface area (Å²) >= 11 is 3.16. The first-order valence-corrected chi connectivity index (χ1v) is 24.3. The Morgan fingerprint density at radius 2 is 0.783 bits per heavy atom. The summed E-state index contributed by atoms with van der Waals surface area (Å²) in [6, 6.07) is 16.9. The van der Waals surface area contributed by atoms with Gasteiger partial charge in [-0.15, -0.1) is 0 Å². The first-order valence-electron chi connectivity index (χ1n) is 22.8. The summed E-state index contributed by atoms with van der Waals surface area (Å²) < 4.78 is 11.9. The summed E-state index contributed by atoms with van der Waals surface area (Å²) in [7, 11) is 0. The molecular formula is C46H60N8O4S2. The Morgan fingerprint density at radius 3 is 1.15 bits per heavy atom. The molecule has 0 N–H and O–H groups in total. The van der Waals surface area contributed by atoms with Crippen LogP contribution in [0.15, 0.2) is 48.5 Å². The molecule has 12 nitrogen and oxygen atoms in total. The molecule has 0 bridgehead atoms. The van der Waals surface area contributed by atoms with Crippen molar-refractivity contribution in [3.8, 4) is 0 Å². The van der Waals surface area contributed by atoms with Crippen molar-refractivity contribution in [2.75, 3.05) is 88.3 Å². The molecule has 4 aromatic rings. The molecule has 10 rings (SSSR count). The fourth-order valence-electron chi connectivity index (χ4n) is 10.7. The number of hydrogen-bond acceptors (Lipinski definition) is 12. The van der Waals surface area contributed by atoms with Crippen LogP contribution in [0.25, 0.3) is 20.2 Å². The van der Waals surface area contributed by atoms with Gasteiger partial charge in [0.05, 0.1) is 33.1 Å². The number of unbranched alkanes of at least 4 members (excludes halogenated alkanes) is 2. The van der Waals surface area contributed by atoms with Crippen LogP contribution in [0.4, 0.5) is 11.6 Å². The molecule has 6 fully saturated rings. The molecule has 0 spiro atoms. The Labute approximate surface area is 362 Å². The number of amides is 4. The van der Waals surface area contributed by atoms with E-state index in [-0.39, 0.29) is 47.3 Å². The van der Waals surface area contributed by atoms with Crippen LogP contribution >= 0.6 is 23.1 Å². The normalized spacial score (nSPS) is 25.3. The van der Waals surface area contributed by atoms with Crippen LogP contribution in [-0.2, 0) is 19.2 Å². The number of piperazine rings is 2. The predicted octanol–water partition coefficient (Wildman–Crippen LogP) is 6.75. The molecule has 14 heteroatoms. The molecule has 2 aromatic heterocycles. The summed E-state index contributed by atoms with van der Waals surface area (Å²) in [6.45, 7) is 11.4. The monoisotopic (exact) mass is 852 g/mol. The van der Waals surface area contributed by atoms with Gasteiger partial charge in [0.15, 0.2) is 0 Å². The molecule has 60 heavy (non-hydrogen) atoms. The lowest BCUT2D eigenvalue weighted by molar-refractivity contribution is -0.141. The number of fused-ring (bicyclic) bond motifs is 4. The van der Waals surface area contributed by atoms with E-state index < -0.39 is 0 Å². The van der Waals surface area contributed by atoms with Crippen LogP contribution in [0.3, 0.4) is 0 Å². The first kappa shape index (κ1) is 41.4. The number of carbonyl (C=O) groups excluding carboxylic acids is 4. The van der Waals surface area contributed by atoms with E-state index in [0.29, 0.717) is 13.1 Å². The van der Waals surface area contributed by atoms with Crippen molar-refractivity contribution in [2.24, 2.45) is 23.7 Å². The number of imide groups is 2. The molecule has 0 radical (unpaired) electrons. The molecular weight excluding hydrogens is 793 g/mol. The van der Waals surface area contributed by atoms with Gasteiger partial charge in [0, 0.05) is 76.2 Å². The average Bonchev–Trinajstić information content (AvgIpc) is 4.05. The summed E-state index contributed by atoms with van der Waals surface area (Å²) in [6.07, 6.45) is 11.9. The highest BCUT2D eigenvalue weighted by atomic mass is 32.1. The minimum Gasteiger partial charge on any atom is -0.353 e. The van der Waals surface area contributed by atoms with E-state index in [1.54, 1.807) is 32.9 Å². The number of carbonyl (C=O) groups is 4. The van der Waals surface area contributed by atoms with Crippen LogP contribution in [0.2, 0.25) is 0 Å². The number of anilines is 2. The molecule has 4 atom stereocenters. The second kappa shape index (κ2) is 19.0. The first-order chi connectivity index (χ1) is 29.4. The Bertz CT molecular complexity index is 1940. The van der Waals surface area contributed by atoms with E-state index in [1.165, 1.54) is 20.2 Å². The Morgan fingerprint density at radius 1 is 0.450 bits per heavy atom. The zero-order chi connectivity index (χ0) is 41.0. The molecule has 320 valence electrons. The zero-order valence-corrected chi connectivity index (χ0v) is 36.6. The van der Waals surface area contributed by atoms with E-state index in [1.807, 2.05) is 0 Å². The van der Waals surface area contributed by atoms with Gasteiger partial charge in [0.1, 0.15) is 11.6 Å². The third kappa shape index (κ3) is 8.71. The standard InChI is InChI=1S/2C23H30N4O2S/c2*28-22-17-7-1-2-8-18(17)23(29)27(22)12-6-5-11-25-13-15-26(16-14-25)21-19-9-3-4-10-20(19)30-24-21/h2*3-4,9-10,17-18H,1-2,5-8,11-16H2/t2*17-,18+. The quantitative estimate of drug-likeness (QED) is 0.112. The summed E-state index contributed by atoms with van der Waals surface area (Å²) in [4.78, 5) is 63.2. The molecule has 6 aliphatic rings. The van der Waals surface area contributed by atoms with E-state index in [2.05, 4.69) is 76.9 Å². The lowest BCUT2D eigenvalue weighted by Gasteiger charge is -2.35. The summed E-state index contributed by atoms with van der Waals surface area (Å²) in [5.74, 6) is 2.63. The Balaban J connectivity index is 0.000000154. The number of hydrogen-bond donors (Lipinski definition) is 0. The van der Waals surface area contributed by atoms with Gasteiger partial charge in [-0.2, -0.15) is 8.75 Å². The van der Waals surface area contributed by atoms with Gasteiger partial charge in [-0.1, -0.05) is 49.9 Å². The lowest BCUT2D eigenvalue weighted by Crippen LogP contribution is -2.46. The number of likely N-dealkylation sites (tertiary alicyclic amines) is 2. The number of nitrogens with zero attached hydrogens (tertiary/aromatic N) is 8. The van der Waals surface area contributed by atoms with E-state index in [4.69, 9.17) is 0 Å². The molecule has 2 aliphatic carbocycles. The van der Waals surface area contributed by atoms with Crippen molar-refractivity contribution in [1.29, 1.82) is 0 Å². The number of benzene rings is 2.